The second kappa shape index (κ2) is 4.53. The molecule has 1 aromatic heterocycles. The van der Waals surface area contributed by atoms with Gasteiger partial charge in [0.25, 0.3) is 0 Å². The number of nitrogens with zero attached hydrogens (tertiary/aromatic N) is 2. The Morgan fingerprint density at radius 2 is 2.15 bits per heavy atom. The Bertz CT molecular complexity index is 488. The minimum absolute atomic E-state index is 0.00508. The van der Waals surface area contributed by atoms with Crippen molar-refractivity contribution in [2.24, 2.45) is 11.3 Å². The standard InChI is InChI=1S/C15H26N4O/c1-14(2,3)13-17-10(18-19-13)8-16-11-9-6-7-20-12(9)15(11,4)5/h9,11-12,16H,6-8H2,1-5H3,(H,17,18,19). The molecule has 112 valence electrons. The molecular formula is C15H26N4O. The van der Waals surface area contributed by atoms with Crippen LogP contribution in [0.25, 0.3) is 0 Å². The molecule has 0 radical (unpaired) electrons. The fourth-order valence-electron chi connectivity index (χ4n) is 3.66. The summed E-state index contributed by atoms with van der Waals surface area (Å²) in [5.74, 6) is 2.47. The Labute approximate surface area is 120 Å². The van der Waals surface area contributed by atoms with Crippen molar-refractivity contribution in [3.05, 3.63) is 11.6 Å². The monoisotopic (exact) mass is 278 g/mol. The zero-order valence-corrected chi connectivity index (χ0v) is 13.2. The lowest BCUT2D eigenvalue weighted by atomic mass is 9.57. The van der Waals surface area contributed by atoms with Gasteiger partial charge in [-0.2, -0.15) is 5.10 Å². The van der Waals surface area contributed by atoms with E-state index in [9.17, 15) is 0 Å². The summed E-state index contributed by atoms with van der Waals surface area (Å²) in [6.45, 7) is 12.6. The Morgan fingerprint density at radius 1 is 1.40 bits per heavy atom. The minimum atomic E-state index is -0.00508. The SMILES string of the molecule is CC(C)(C)c1n[nH]c(CNC2C3CCOC3C2(C)C)n1. The predicted molar refractivity (Wildman–Crippen MR) is 77.3 cm³/mol. The summed E-state index contributed by atoms with van der Waals surface area (Å²) in [4.78, 5) is 4.58. The van der Waals surface area contributed by atoms with Crippen LogP contribution in [-0.2, 0) is 16.7 Å². The van der Waals surface area contributed by atoms with Crippen LogP contribution in [0.4, 0.5) is 0 Å². The summed E-state index contributed by atoms with van der Waals surface area (Å²) in [7, 11) is 0. The van der Waals surface area contributed by atoms with E-state index in [0.717, 1.165) is 24.8 Å². The van der Waals surface area contributed by atoms with Crippen LogP contribution >= 0.6 is 0 Å². The van der Waals surface area contributed by atoms with Gasteiger partial charge in [0.2, 0.25) is 0 Å². The normalized spacial score (nSPS) is 31.9. The van der Waals surface area contributed by atoms with Crippen molar-refractivity contribution in [3.63, 3.8) is 0 Å². The number of hydrogen-bond acceptors (Lipinski definition) is 4. The van der Waals surface area contributed by atoms with Gasteiger partial charge in [-0.15, -0.1) is 0 Å². The van der Waals surface area contributed by atoms with Crippen LogP contribution in [-0.4, -0.2) is 33.9 Å². The van der Waals surface area contributed by atoms with E-state index in [2.05, 4.69) is 55.1 Å². The van der Waals surface area contributed by atoms with Gasteiger partial charge in [0, 0.05) is 29.4 Å². The first kappa shape index (κ1) is 14.0. The molecule has 0 amide bonds. The van der Waals surface area contributed by atoms with Crippen molar-refractivity contribution in [3.8, 4) is 0 Å². The maximum atomic E-state index is 5.82. The van der Waals surface area contributed by atoms with Crippen LogP contribution in [0.2, 0.25) is 0 Å². The Hall–Kier alpha value is -0.940. The molecule has 0 spiro atoms. The first-order valence-electron chi connectivity index (χ1n) is 7.57. The molecule has 1 aliphatic heterocycles. The predicted octanol–water partition coefficient (Wildman–Crippen LogP) is 2.01. The number of H-pyrrole nitrogens is 1. The van der Waals surface area contributed by atoms with Gasteiger partial charge < -0.3 is 10.1 Å². The van der Waals surface area contributed by atoms with Gasteiger partial charge in [-0.25, -0.2) is 4.98 Å². The zero-order valence-electron chi connectivity index (χ0n) is 13.2. The number of aromatic amines is 1. The molecule has 1 saturated carbocycles. The highest BCUT2D eigenvalue weighted by molar-refractivity contribution is 5.11. The van der Waals surface area contributed by atoms with Crippen LogP contribution in [0, 0.1) is 11.3 Å². The molecular weight excluding hydrogens is 252 g/mol. The van der Waals surface area contributed by atoms with Crippen LogP contribution in [0.1, 0.15) is 52.7 Å². The summed E-state index contributed by atoms with van der Waals surface area (Å²) >= 11 is 0. The summed E-state index contributed by atoms with van der Waals surface area (Å²) < 4.78 is 5.82. The van der Waals surface area contributed by atoms with Gasteiger partial charge in [-0.1, -0.05) is 34.6 Å². The lowest BCUT2D eigenvalue weighted by molar-refractivity contribution is -0.113. The topological polar surface area (TPSA) is 62.8 Å². The maximum Gasteiger partial charge on any atom is 0.156 e. The average molecular weight is 278 g/mol. The number of nitrogens with one attached hydrogen (secondary N) is 2. The molecule has 5 nitrogen and oxygen atoms in total. The molecule has 2 fully saturated rings. The number of fused-ring (bicyclic) bond motifs is 1. The van der Waals surface area contributed by atoms with E-state index in [1.807, 2.05) is 0 Å². The summed E-state index contributed by atoms with van der Waals surface area (Å²) in [6.07, 6.45) is 1.61. The van der Waals surface area contributed by atoms with Crippen LogP contribution in [0.15, 0.2) is 0 Å². The Kier molecular flexibility index (Phi) is 3.18. The molecule has 20 heavy (non-hydrogen) atoms. The van der Waals surface area contributed by atoms with E-state index in [0.29, 0.717) is 18.1 Å². The van der Waals surface area contributed by atoms with Gasteiger partial charge >= 0.3 is 0 Å². The van der Waals surface area contributed by atoms with E-state index in [1.165, 1.54) is 6.42 Å². The fraction of sp³-hybridized carbons (Fsp3) is 0.867. The van der Waals surface area contributed by atoms with E-state index >= 15 is 0 Å². The molecule has 2 N–H and O–H groups in total. The fourth-order valence-corrected chi connectivity index (χ4v) is 3.66. The molecule has 1 saturated heterocycles. The van der Waals surface area contributed by atoms with Gasteiger partial charge in [0.15, 0.2) is 5.82 Å². The molecule has 5 heteroatoms. The third-order valence-corrected chi connectivity index (χ3v) is 4.79. The highest BCUT2D eigenvalue weighted by atomic mass is 16.5. The number of ether oxygens (including phenoxy) is 1. The zero-order chi connectivity index (χ0) is 14.5. The van der Waals surface area contributed by atoms with E-state index in [-0.39, 0.29) is 10.8 Å². The molecule has 2 heterocycles. The summed E-state index contributed by atoms with van der Waals surface area (Å²) in [5, 5.41) is 11.0. The molecule has 1 aromatic rings. The van der Waals surface area contributed by atoms with Gasteiger partial charge in [-0.05, 0) is 6.42 Å². The molecule has 3 atom stereocenters. The summed E-state index contributed by atoms with van der Waals surface area (Å²) in [6, 6.07) is 0.512. The second-order valence-electron chi connectivity index (χ2n) is 7.78. The number of hydrogen-bond donors (Lipinski definition) is 2. The van der Waals surface area contributed by atoms with Gasteiger partial charge in [0.1, 0.15) is 5.82 Å². The Morgan fingerprint density at radius 3 is 2.80 bits per heavy atom. The first-order chi connectivity index (χ1) is 9.30. The third-order valence-electron chi connectivity index (χ3n) is 4.79. The van der Waals surface area contributed by atoms with Crippen molar-refractivity contribution >= 4 is 0 Å². The van der Waals surface area contributed by atoms with Crippen LogP contribution in [0.5, 0.6) is 0 Å². The smallest absolute Gasteiger partial charge is 0.156 e. The minimum Gasteiger partial charge on any atom is -0.377 e. The summed E-state index contributed by atoms with van der Waals surface area (Å²) in [5.41, 5.74) is 0.211. The largest absolute Gasteiger partial charge is 0.377 e. The molecule has 3 unspecified atom stereocenters. The van der Waals surface area contributed by atoms with Crippen molar-refractivity contribution in [1.82, 2.24) is 20.5 Å². The Balaban J connectivity index is 1.61. The molecule has 1 aliphatic carbocycles. The lowest BCUT2D eigenvalue weighted by Crippen LogP contribution is -2.65. The third kappa shape index (κ3) is 2.17. The van der Waals surface area contributed by atoms with Crippen molar-refractivity contribution in [2.75, 3.05) is 6.61 Å². The molecule has 2 aliphatic rings. The van der Waals surface area contributed by atoms with Crippen molar-refractivity contribution in [2.45, 2.75) is 65.1 Å². The van der Waals surface area contributed by atoms with Crippen LogP contribution < -0.4 is 5.32 Å². The van der Waals surface area contributed by atoms with Gasteiger partial charge in [0.05, 0.1) is 12.6 Å². The van der Waals surface area contributed by atoms with E-state index in [4.69, 9.17) is 4.74 Å². The molecule has 3 rings (SSSR count). The van der Waals surface area contributed by atoms with Crippen LogP contribution in [0.3, 0.4) is 0 Å². The van der Waals surface area contributed by atoms with Crippen molar-refractivity contribution < 1.29 is 4.74 Å². The highest BCUT2D eigenvalue weighted by Gasteiger charge is 2.58. The quantitative estimate of drug-likeness (QED) is 0.888. The second-order valence-corrected chi connectivity index (χ2v) is 7.78. The van der Waals surface area contributed by atoms with Gasteiger partial charge in [-0.3, -0.25) is 5.10 Å². The van der Waals surface area contributed by atoms with E-state index in [1.54, 1.807) is 0 Å². The van der Waals surface area contributed by atoms with Crippen molar-refractivity contribution in [1.29, 1.82) is 0 Å². The molecule has 0 bridgehead atoms. The average Bonchev–Trinajstić information content (AvgIpc) is 2.95. The maximum absolute atomic E-state index is 5.82. The number of aromatic nitrogens is 3. The lowest BCUT2D eigenvalue weighted by Gasteiger charge is -2.54. The molecule has 0 aromatic carbocycles. The number of rotatable bonds is 3. The van der Waals surface area contributed by atoms with E-state index < -0.39 is 0 Å². The highest BCUT2D eigenvalue weighted by Crippen LogP contribution is 2.52. The first-order valence-corrected chi connectivity index (χ1v) is 7.57.